The van der Waals surface area contributed by atoms with E-state index < -0.39 is 0 Å². The Kier molecular flexibility index (Phi) is 5.47. The largest absolute Gasteiger partial charge is 0.383 e. The van der Waals surface area contributed by atoms with Gasteiger partial charge < -0.3 is 10.1 Å². The van der Waals surface area contributed by atoms with Crippen LogP contribution in [0.3, 0.4) is 0 Å². The van der Waals surface area contributed by atoms with Gasteiger partial charge in [-0.25, -0.2) is 0 Å². The van der Waals surface area contributed by atoms with Gasteiger partial charge in [-0.05, 0) is 7.05 Å². The van der Waals surface area contributed by atoms with E-state index in [-0.39, 0.29) is 0 Å². The SMILES string of the molecule is CNC(COC)C1CSCCS1. The van der Waals surface area contributed by atoms with Crippen molar-refractivity contribution in [3.8, 4) is 0 Å². The number of thioether (sulfide) groups is 2. The highest BCUT2D eigenvalue weighted by molar-refractivity contribution is 8.06. The van der Waals surface area contributed by atoms with E-state index in [0.29, 0.717) is 6.04 Å². The molecule has 1 heterocycles. The molecule has 0 amide bonds. The molecule has 0 aromatic heterocycles. The molecule has 1 fully saturated rings. The maximum Gasteiger partial charge on any atom is 0.0626 e. The van der Waals surface area contributed by atoms with E-state index in [9.17, 15) is 0 Å². The van der Waals surface area contributed by atoms with Crippen molar-refractivity contribution in [3.63, 3.8) is 0 Å². The molecule has 2 unspecified atom stereocenters. The van der Waals surface area contributed by atoms with Crippen molar-refractivity contribution in [1.29, 1.82) is 0 Å². The first-order chi connectivity index (χ1) is 5.88. The molecule has 2 nitrogen and oxygen atoms in total. The van der Waals surface area contributed by atoms with Gasteiger partial charge in [-0.3, -0.25) is 0 Å². The average Bonchev–Trinajstić information content (AvgIpc) is 2.15. The first kappa shape index (κ1) is 10.7. The molecule has 72 valence electrons. The highest BCUT2D eigenvalue weighted by atomic mass is 32.2. The van der Waals surface area contributed by atoms with Gasteiger partial charge in [0.1, 0.15) is 0 Å². The van der Waals surface area contributed by atoms with Gasteiger partial charge in [0.15, 0.2) is 0 Å². The fraction of sp³-hybridized carbons (Fsp3) is 1.00. The number of hydrogen-bond acceptors (Lipinski definition) is 4. The zero-order valence-electron chi connectivity index (χ0n) is 7.71. The molecule has 1 N–H and O–H groups in total. The molecule has 0 bridgehead atoms. The Labute approximate surface area is 83.2 Å². The molecule has 0 radical (unpaired) electrons. The second-order valence-electron chi connectivity index (χ2n) is 2.83. The smallest absolute Gasteiger partial charge is 0.0626 e. The lowest BCUT2D eigenvalue weighted by molar-refractivity contribution is 0.170. The molecule has 12 heavy (non-hydrogen) atoms. The van der Waals surface area contributed by atoms with Crippen LogP contribution in [0.4, 0.5) is 0 Å². The molecule has 1 saturated heterocycles. The number of rotatable bonds is 4. The van der Waals surface area contributed by atoms with Crippen LogP contribution in [-0.4, -0.2) is 49.3 Å². The third-order valence-corrected chi connectivity index (χ3v) is 4.93. The van der Waals surface area contributed by atoms with Gasteiger partial charge in [0, 0.05) is 35.7 Å². The lowest BCUT2D eigenvalue weighted by Crippen LogP contribution is -2.42. The van der Waals surface area contributed by atoms with Crippen molar-refractivity contribution in [2.45, 2.75) is 11.3 Å². The van der Waals surface area contributed by atoms with Crippen LogP contribution in [0.25, 0.3) is 0 Å². The van der Waals surface area contributed by atoms with E-state index in [4.69, 9.17) is 4.74 Å². The summed E-state index contributed by atoms with van der Waals surface area (Å²) in [5.41, 5.74) is 0. The minimum absolute atomic E-state index is 0.521. The van der Waals surface area contributed by atoms with Gasteiger partial charge in [0.25, 0.3) is 0 Å². The molecule has 1 rings (SSSR count). The van der Waals surface area contributed by atoms with Gasteiger partial charge in [0.05, 0.1) is 6.61 Å². The second kappa shape index (κ2) is 6.13. The minimum Gasteiger partial charge on any atom is -0.383 e. The third kappa shape index (κ3) is 3.17. The fourth-order valence-corrected chi connectivity index (χ4v) is 4.21. The first-order valence-corrected chi connectivity index (χ1v) is 6.44. The molecule has 2 atom stereocenters. The minimum atomic E-state index is 0.521. The molecule has 0 saturated carbocycles. The summed E-state index contributed by atoms with van der Waals surface area (Å²) in [4.78, 5) is 0. The van der Waals surface area contributed by atoms with E-state index in [1.165, 1.54) is 17.3 Å². The van der Waals surface area contributed by atoms with Gasteiger partial charge in [-0.1, -0.05) is 0 Å². The quantitative estimate of drug-likeness (QED) is 0.744. The Morgan fingerprint density at radius 1 is 1.58 bits per heavy atom. The van der Waals surface area contributed by atoms with Crippen LogP contribution in [0.15, 0.2) is 0 Å². The third-order valence-electron chi connectivity index (χ3n) is 2.01. The van der Waals surface area contributed by atoms with Crippen molar-refractivity contribution in [3.05, 3.63) is 0 Å². The van der Waals surface area contributed by atoms with Crippen LogP contribution in [-0.2, 0) is 4.74 Å². The van der Waals surface area contributed by atoms with E-state index >= 15 is 0 Å². The average molecular weight is 207 g/mol. The van der Waals surface area contributed by atoms with Crippen LogP contribution < -0.4 is 5.32 Å². The van der Waals surface area contributed by atoms with Crippen LogP contribution in [0.2, 0.25) is 0 Å². The topological polar surface area (TPSA) is 21.3 Å². The van der Waals surface area contributed by atoms with E-state index in [1.54, 1.807) is 7.11 Å². The molecular weight excluding hydrogens is 190 g/mol. The Balaban J connectivity index is 2.29. The maximum atomic E-state index is 5.16. The summed E-state index contributed by atoms with van der Waals surface area (Å²) in [6, 6.07) is 0.521. The maximum absolute atomic E-state index is 5.16. The van der Waals surface area contributed by atoms with E-state index in [1.807, 2.05) is 7.05 Å². The Morgan fingerprint density at radius 3 is 2.92 bits per heavy atom. The standard InChI is InChI=1S/C8H17NOS2/c1-9-7(5-10-2)8-6-11-3-4-12-8/h7-9H,3-6H2,1-2H3. The van der Waals surface area contributed by atoms with E-state index in [2.05, 4.69) is 28.8 Å². The Bertz CT molecular complexity index is 115. The fourth-order valence-electron chi connectivity index (χ4n) is 1.29. The highest BCUT2D eigenvalue weighted by Gasteiger charge is 2.22. The Hall–Kier alpha value is 0.620. The molecule has 4 heteroatoms. The van der Waals surface area contributed by atoms with E-state index in [0.717, 1.165) is 11.9 Å². The number of nitrogens with one attached hydrogen (secondary N) is 1. The van der Waals surface area contributed by atoms with Crippen molar-refractivity contribution in [1.82, 2.24) is 5.32 Å². The summed E-state index contributed by atoms with van der Waals surface area (Å²) in [7, 11) is 3.79. The van der Waals surface area contributed by atoms with Crippen molar-refractivity contribution >= 4 is 23.5 Å². The summed E-state index contributed by atoms with van der Waals surface area (Å²) < 4.78 is 5.16. The molecule has 0 aromatic rings. The van der Waals surface area contributed by atoms with Gasteiger partial charge in [-0.15, -0.1) is 0 Å². The zero-order chi connectivity index (χ0) is 8.81. The summed E-state index contributed by atoms with van der Waals surface area (Å²) in [5, 5.41) is 4.04. The molecule has 1 aliphatic rings. The van der Waals surface area contributed by atoms with Crippen LogP contribution in [0.5, 0.6) is 0 Å². The van der Waals surface area contributed by atoms with Crippen LogP contribution in [0.1, 0.15) is 0 Å². The number of methoxy groups -OCH3 is 1. The first-order valence-electron chi connectivity index (χ1n) is 4.24. The van der Waals surface area contributed by atoms with Crippen molar-refractivity contribution < 1.29 is 4.74 Å². The van der Waals surface area contributed by atoms with Gasteiger partial charge in [0.2, 0.25) is 0 Å². The molecular formula is C8H17NOS2. The lowest BCUT2D eigenvalue weighted by Gasteiger charge is -2.28. The summed E-state index contributed by atoms with van der Waals surface area (Å²) in [6.45, 7) is 0.828. The molecule has 0 aliphatic carbocycles. The summed E-state index contributed by atoms with van der Waals surface area (Å²) >= 11 is 4.13. The molecule has 0 aromatic carbocycles. The van der Waals surface area contributed by atoms with Crippen LogP contribution >= 0.6 is 23.5 Å². The predicted octanol–water partition coefficient (Wildman–Crippen LogP) is 1.07. The Morgan fingerprint density at radius 2 is 2.42 bits per heavy atom. The zero-order valence-corrected chi connectivity index (χ0v) is 9.34. The number of ether oxygens (including phenoxy) is 1. The summed E-state index contributed by atoms with van der Waals surface area (Å²) in [5.74, 6) is 3.86. The van der Waals surface area contributed by atoms with Crippen LogP contribution in [0, 0.1) is 0 Å². The van der Waals surface area contributed by atoms with Crippen molar-refractivity contribution in [2.24, 2.45) is 0 Å². The van der Waals surface area contributed by atoms with Gasteiger partial charge in [-0.2, -0.15) is 23.5 Å². The predicted molar refractivity (Wildman–Crippen MR) is 58.3 cm³/mol. The monoisotopic (exact) mass is 207 g/mol. The highest BCUT2D eigenvalue weighted by Crippen LogP contribution is 2.26. The normalized spacial score (nSPS) is 27.0. The van der Waals surface area contributed by atoms with Crippen molar-refractivity contribution in [2.75, 3.05) is 38.0 Å². The molecule has 0 spiro atoms. The number of likely N-dealkylation sites (N-methyl/N-ethyl adjacent to an activating group) is 1. The summed E-state index contributed by atoms with van der Waals surface area (Å²) in [6.07, 6.45) is 0. The second-order valence-corrected chi connectivity index (χ2v) is 5.33. The van der Waals surface area contributed by atoms with Gasteiger partial charge >= 0.3 is 0 Å². The lowest BCUT2D eigenvalue weighted by atomic mass is 10.2. The molecule has 1 aliphatic heterocycles. The number of hydrogen-bond donors (Lipinski definition) is 1.